The van der Waals surface area contributed by atoms with Crippen molar-refractivity contribution < 1.29 is 19.4 Å². The van der Waals surface area contributed by atoms with E-state index in [-0.39, 0.29) is 18.0 Å². The van der Waals surface area contributed by atoms with Crippen LogP contribution in [0.1, 0.15) is 117 Å². The fraction of sp³-hybridized carbons (Fsp3) is 0.933. The second-order valence-corrected chi connectivity index (χ2v) is 13.0. The average Bonchev–Trinajstić information content (AvgIpc) is 3.17. The molecule has 4 saturated carbocycles. The van der Waals surface area contributed by atoms with E-state index in [1.807, 2.05) is 0 Å². The number of carbonyl (C=O) groups excluding carboxylic acids is 2. The number of methoxy groups -OCH3 is 1. The predicted molar refractivity (Wildman–Crippen MR) is 139 cm³/mol. The van der Waals surface area contributed by atoms with Crippen molar-refractivity contribution in [2.45, 2.75) is 123 Å². The van der Waals surface area contributed by atoms with Crippen molar-refractivity contribution in [3.63, 3.8) is 0 Å². The number of amides is 1. The van der Waals surface area contributed by atoms with Crippen LogP contribution in [0.25, 0.3) is 0 Å². The third-order valence-corrected chi connectivity index (χ3v) is 11.4. The van der Waals surface area contributed by atoms with Crippen molar-refractivity contribution in [2.75, 3.05) is 13.7 Å². The lowest BCUT2D eigenvalue weighted by Crippen LogP contribution is -2.57. The lowest BCUT2D eigenvalue weighted by molar-refractivity contribution is -0.162. The Morgan fingerprint density at radius 1 is 0.914 bits per heavy atom. The minimum absolute atomic E-state index is 0.0991. The molecule has 1 amide bonds. The van der Waals surface area contributed by atoms with E-state index >= 15 is 0 Å². The predicted octanol–water partition coefficient (Wildman–Crippen LogP) is 6.03. The molecule has 7 unspecified atom stereocenters. The standard InChI is InChI=1S/C30H51NO4/c1-29-17-7-6-10-22(29)20-25(32)28-23-15-14-21(30(23,2)18-16-24(28)29)11-9-12-26(33)31-19-8-4-5-13-27(34)35-3/h21-25,28,32H,4-20H2,1-3H3,(H,31,33)/t21?,22?,23?,24?,25?,28?,29?,30-/m1/s1. The van der Waals surface area contributed by atoms with E-state index in [1.165, 1.54) is 58.5 Å². The van der Waals surface area contributed by atoms with Gasteiger partial charge in [0.1, 0.15) is 0 Å². The Bertz CT molecular complexity index is 740. The number of hydrogen-bond acceptors (Lipinski definition) is 4. The van der Waals surface area contributed by atoms with Gasteiger partial charge in [-0.15, -0.1) is 0 Å². The molecule has 200 valence electrons. The van der Waals surface area contributed by atoms with Crippen molar-refractivity contribution in [1.29, 1.82) is 0 Å². The molecule has 4 rings (SSSR count). The van der Waals surface area contributed by atoms with E-state index in [4.69, 9.17) is 0 Å². The molecule has 4 aliphatic carbocycles. The van der Waals surface area contributed by atoms with Crippen molar-refractivity contribution >= 4 is 11.9 Å². The highest BCUT2D eigenvalue weighted by Crippen LogP contribution is 2.67. The number of esters is 1. The molecule has 0 aromatic heterocycles. The Balaban J connectivity index is 1.22. The van der Waals surface area contributed by atoms with E-state index in [2.05, 4.69) is 23.9 Å². The third-order valence-electron chi connectivity index (χ3n) is 11.4. The Morgan fingerprint density at radius 2 is 1.71 bits per heavy atom. The van der Waals surface area contributed by atoms with E-state index in [0.29, 0.717) is 53.9 Å². The third kappa shape index (κ3) is 5.60. The number of aliphatic hydroxyl groups excluding tert-OH is 1. The highest BCUT2D eigenvalue weighted by atomic mass is 16.5. The maximum Gasteiger partial charge on any atom is 0.305 e. The van der Waals surface area contributed by atoms with Crippen LogP contribution in [0, 0.1) is 40.4 Å². The Hall–Kier alpha value is -1.10. The maximum atomic E-state index is 12.3. The molecule has 5 nitrogen and oxygen atoms in total. The summed E-state index contributed by atoms with van der Waals surface area (Å²) < 4.78 is 4.66. The fourth-order valence-electron chi connectivity index (χ4n) is 9.34. The van der Waals surface area contributed by atoms with Crippen LogP contribution < -0.4 is 5.32 Å². The highest BCUT2D eigenvalue weighted by Gasteiger charge is 2.61. The number of carbonyl (C=O) groups is 2. The van der Waals surface area contributed by atoms with Crippen LogP contribution in [-0.2, 0) is 14.3 Å². The molecule has 0 aromatic rings. The summed E-state index contributed by atoms with van der Waals surface area (Å²) in [5.41, 5.74) is 0.801. The van der Waals surface area contributed by atoms with Gasteiger partial charge in [0.25, 0.3) is 0 Å². The Kier molecular flexibility index (Phi) is 8.87. The number of ether oxygens (including phenoxy) is 1. The second-order valence-electron chi connectivity index (χ2n) is 13.0. The van der Waals surface area contributed by atoms with Gasteiger partial charge in [-0.05, 0) is 111 Å². The zero-order valence-corrected chi connectivity index (χ0v) is 22.7. The summed E-state index contributed by atoms with van der Waals surface area (Å²) in [7, 11) is 1.42. The number of unbranched alkanes of at least 4 members (excludes halogenated alkanes) is 2. The van der Waals surface area contributed by atoms with Crippen LogP contribution in [-0.4, -0.2) is 36.7 Å². The first-order valence-corrected chi connectivity index (χ1v) is 14.8. The molecule has 8 atom stereocenters. The van der Waals surface area contributed by atoms with Crippen LogP contribution >= 0.6 is 0 Å². The number of aliphatic hydroxyl groups is 1. The van der Waals surface area contributed by atoms with Crippen LogP contribution in [0.5, 0.6) is 0 Å². The fourth-order valence-corrected chi connectivity index (χ4v) is 9.34. The topological polar surface area (TPSA) is 75.6 Å². The lowest BCUT2D eigenvalue weighted by atomic mass is 9.44. The summed E-state index contributed by atoms with van der Waals surface area (Å²) in [6.07, 6.45) is 17.4. The van der Waals surface area contributed by atoms with Gasteiger partial charge in [-0.2, -0.15) is 0 Å². The first-order chi connectivity index (χ1) is 16.8. The summed E-state index contributed by atoms with van der Waals surface area (Å²) >= 11 is 0. The molecule has 4 fully saturated rings. The van der Waals surface area contributed by atoms with E-state index in [0.717, 1.165) is 44.4 Å². The zero-order valence-electron chi connectivity index (χ0n) is 22.7. The molecule has 0 radical (unpaired) electrons. The molecule has 0 aromatic carbocycles. The Labute approximate surface area is 213 Å². The van der Waals surface area contributed by atoms with Gasteiger partial charge >= 0.3 is 5.97 Å². The molecule has 0 aliphatic heterocycles. The molecule has 0 saturated heterocycles. The SMILES string of the molecule is COC(=O)CCCCCNC(=O)CCCC1CCC2C3C(O)CC4CCCCC4(C)C3CC[C@]12C. The van der Waals surface area contributed by atoms with Crippen molar-refractivity contribution in [3.05, 3.63) is 0 Å². The second kappa shape index (κ2) is 11.5. The molecular weight excluding hydrogens is 438 g/mol. The quantitative estimate of drug-likeness (QED) is 0.290. The molecule has 0 spiro atoms. The molecule has 0 heterocycles. The van der Waals surface area contributed by atoms with Gasteiger partial charge in [0.15, 0.2) is 0 Å². The van der Waals surface area contributed by atoms with Crippen molar-refractivity contribution in [1.82, 2.24) is 5.32 Å². The summed E-state index contributed by atoms with van der Waals surface area (Å²) in [5.74, 6) is 3.33. The number of fused-ring (bicyclic) bond motifs is 5. The average molecular weight is 490 g/mol. The van der Waals surface area contributed by atoms with Gasteiger partial charge < -0.3 is 15.2 Å². The summed E-state index contributed by atoms with van der Waals surface area (Å²) in [6, 6.07) is 0. The monoisotopic (exact) mass is 489 g/mol. The van der Waals surface area contributed by atoms with Crippen LogP contribution in [0.15, 0.2) is 0 Å². The molecule has 2 N–H and O–H groups in total. The summed E-state index contributed by atoms with van der Waals surface area (Å²) in [4.78, 5) is 23.5. The van der Waals surface area contributed by atoms with Gasteiger partial charge in [0.05, 0.1) is 13.2 Å². The summed E-state index contributed by atoms with van der Waals surface area (Å²) in [5, 5.41) is 14.4. The Morgan fingerprint density at radius 3 is 2.51 bits per heavy atom. The molecule has 0 bridgehead atoms. The molecule has 35 heavy (non-hydrogen) atoms. The molecular formula is C30H51NO4. The normalized spacial score (nSPS) is 40.3. The number of nitrogens with one attached hydrogen (secondary N) is 1. The van der Waals surface area contributed by atoms with Gasteiger partial charge in [-0.3, -0.25) is 9.59 Å². The molecule has 5 heteroatoms. The van der Waals surface area contributed by atoms with E-state index in [1.54, 1.807) is 0 Å². The van der Waals surface area contributed by atoms with Crippen molar-refractivity contribution in [3.8, 4) is 0 Å². The van der Waals surface area contributed by atoms with Crippen LogP contribution in [0.4, 0.5) is 0 Å². The van der Waals surface area contributed by atoms with Gasteiger partial charge in [0.2, 0.25) is 5.91 Å². The lowest BCUT2D eigenvalue weighted by Gasteiger charge is -2.62. The first kappa shape index (κ1) is 26.9. The minimum atomic E-state index is -0.157. The van der Waals surface area contributed by atoms with E-state index < -0.39 is 0 Å². The van der Waals surface area contributed by atoms with E-state index in [9.17, 15) is 14.7 Å². The van der Waals surface area contributed by atoms with Gasteiger partial charge in [-0.1, -0.05) is 33.1 Å². The molecule has 4 aliphatic rings. The largest absolute Gasteiger partial charge is 0.469 e. The number of hydrogen-bond donors (Lipinski definition) is 2. The highest BCUT2D eigenvalue weighted by molar-refractivity contribution is 5.75. The zero-order chi connectivity index (χ0) is 25.1. The van der Waals surface area contributed by atoms with Crippen LogP contribution in [0.2, 0.25) is 0 Å². The number of rotatable bonds is 10. The van der Waals surface area contributed by atoms with Crippen LogP contribution in [0.3, 0.4) is 0 Å². The van der Waals surface area contributed by atoms with Crippen molar-refractivity contribution in [2.24, 2.45) is 40.4 Å². The van der Waals surface area contributed by atoms with Gasteiger partial charge in [-0.25, -0.2) is 0 Å². The van der Waals surface area contributed by atoms with Gasteiger partial charge in [0, 0.05) is 19.4 Å². The smallest absolute Gasteiger partial charge is 0.305 e. The maximum absolute atomic E-state index is 12.3. The first-order valence-electron chi connectivity index (χ1n) is 14.8. The summed E-state index contributed by atoms with van der Waals surface area (Å²) in [6.45, 7) is 5.80. The minimum Gasteiger partial charge on any atom is -0.469 e.